The number of aliphatic carboxylic acids is 1. The molecule has 0 rings (SSSR count). The Labute approximate surface area is 76.3 Å². The predicted molar refractivity (Wildman–Crippen MR) is 49.3 cm³/mol. The Kier molecular flexibility index (Phi) is 3.07. The minimum atomic E-state index is -2.11. The van der Waals surface area contributed by atoms with E-state index in [9.17, 15) is 4.79 Å². The summed E-state index contributed by atoms with van der Waals surface area (Å²) < 4.78 is 0. The minimum Gasteiger partial charge on any atom is -0.480 e. The molecular formula is C6H10B3NO2. The zero-order valence-electron chi connectivity index (χ0n) is 7.24. The molecule has 0 aromatic rings. The van der Waals surface area contributed by atoms with Crippen LogP contribution in [0.5, 0.6) is 0 Å². The maximum Gasteiger partial charge on any atom is 0.313 e. The van der Waals surface area contributed by atoms with Crippen molar-refractivity contribution in [1.82, 2.24) is 0 Å². The van der Waals surface area contributed by atoms with E-state index < -0.39 is 16.6 Å². The molecule has 0 aliphatic rings. The number of carboxylic acid groups (broad SMARTS) is 1. The molecule has 6 radical (unpaired) electrons. The smallest absolute Gasteiger partial charge is 0.313 e. The average molecular weight is 161 g/mol. The van der Waals surface area contributed by atoms with E-state index in [1.54, 1.807) is 13.8 Å². The Bertz CT molecular complexity index is 191. The van der Waals surface area contributed by atoms with Crippen molar-refractivity contribution in [2.45, 2.75) is 24.5 Å². The fraction of sp³-hybridized carbons (Fsp3) is 0.833. The van der Waals surface area contributed by atoms with E-state index in [0.29, 0.717) is 0 Å². The second-order valence-electron chi connectivity index (χ2n) is 3.26. The van der Waals surface area contributed by atoms with E-state index in [1.165, 1.54) is 0 Å². The van der Waals surface area contributed by atoms with E-state index >= 15 is 0 Å². The second-order valence-corrected chi connectivity index (χ2v) is 3.26. The molecule has 0 saturated carbocycles. The fourth-order valence-electron chi connectivity index (χ4n) is 0.663. The van der Waals surface area contributed by atoms with Crippen LogP contribution >= 0.6 is 0 Å². The topological polar surface area (TPSA) is 63.3 Å². The van der Waals surface area contributed by atoms with Gasteiger partial charge in [-0.15, -0.1) is 0 Å². The molecule has 1 atom stereocenters. The Morgan fingerprint density at radius 2 is 1.75 bits per heavy atom. The molecule has 60 valence electrons. The van der Waals surface area contributed by atoms with Crippen LogP contribution in [0, 0.1) is 5.92 Å². The van der Waals surface area contributed by atoms with Gasteiger partial charge in [-0.1, -0.05) is 25.0 Å². The summed E-state index contributed by atoms with van der Waals surface area (Å²) in [5.74, 6) is -1.75. The van der Waals surface area contributed by atoms with Crippen LogP contribution in [0.15, 0.2) is 0 Å². The van der Waals surface area contributed by atoms with Crippen molar-refractivity contribution in [2.24, 2.45) is 11.7 Å². The molecule has 0 amide bonds. The van der Waals surface area contributed by atoms with Crippen molar-refractivity contribution in [3.8, 4) is 0 Å². The van der Waals surface area contributed by atoms with Gasteiger partial charge >= 0.3 is 5.97 Å². The van der Waals surface area contributed by atoms with E-state index in [0.717, 1.165) is 0 Å². The highest BCUT2D eigenvalue weighted by atomic mass is 16.4. The molecule has 3 nitrogen and oxygen atoms in total. The fourth-order valence-corrected chi connectivity index (χ4v) is 0.663. The summed E-state index contributed by atoms with van der Waals surface area (Å²) >= 11 is 0. The van der Waals surface area contributed by atoms with Crippen molar-refractivity contribution in [1.29, 1.82) is 0 Å². The van der Waals surface area contributed by atoms with Crippen molar-refractivity contribution in [3.05, 3.63) is 0 Å². The second kappa shape index (κ2) is 3.17. The molecule has 0 bridgehead atoms. The quantitative estimate of drug-likeness (QED) is 0.521. The van der Waals surface area contributed by atoms with Crippen molar-refractivity contribution >= 4 is 29.5 Å². The molecule has 0 fully saturated rings. The van der Waals surface area contributed by atoms with Crippen LogP contribution < -0.4 is 5.73 Å². The lowest BCUT2D eigenvalue weighted by molar-refractivity contribution is -0.141. The van der Waals surface area contributed by atoms with Gasteiger partial charge in [0, 0.05) is 0 Å². The zero-order chi connectivity index (χ0) is 10.2. The number of nitrogens with two attached hydrogens (primary N) is 1. The highest BCUT2D eigenvalue weighted by molar-refractivity contribution is 6.49. The van der Waals surface area contributed by atoms with Gasteiger partial charge in [0.05, 0.1) is 21.1 Å². The highest BCUT2D eigenvalue weighted by Crippen LogP contribution is 2.36. The van der Waals surface area contributed by atoms with Crippen molar-refractivity contribution in [3.63, 3.8) is 0 Å². The SMILES string of the molecule is [B]C([B])(C(C)C)[C@]([B])(N)C(=O)O. The number of rotatable bonds is 3. The average Bonchev–Trinajstić information content (AvgIpc) is 1.86. The van der Waals surface area contributed by atoms with Gasteiger partial charge in [-0.3, -0.25) is 4.79 Å². The lowest BCUT2D eigenvalue weighted by Gasteiger charge is -2.43. The van der Waals surface area contributed by atoms with E-state index in [4.69, 9.17) is 34.4 Å². The summed E-state index contributed by atoms with van der Waals surface area (Å²) in [6.07, 6.45) is 0. The first-order valence-corrected chi connectivity index (χ1v) is 3.53. The summed E-state index contributed by atoms with van der Waals surface area (Å²) in [6, 6.07) is 0. The van der Waals surface area contributed by atoms with Gasteiger partial charge in [0.1, 0.15) is 7.85 Å². The number of hydrogen-bond donors (Lipinski definition) is 2. The first kappa shape index (κ1) is 11.6. The van der Waals surface area contributed by atoms with Gasteiger partial charge in [-0.05, 0) is 0 Å². The first-order valence-electron chi connectivity index (χ1n) is 3.53. The molecule has 12 heavy (non-hydrogen) atoms. The Hall–Kier alpha value is -0.375. The van der Waals surface area contributed by atoms with Gasteiger partial charge in [0.25, 0.3) is 0 Å². The molecule has 0 unspecified atom stereocenters. The summed E-state index contributed by atoms with van der Waals surface area (Å²) in [7, 11) is 16.2. The van der Waals surface area contributed by atoms with E-state index in [1.807, 2.05) is 0 Å². The number of carboxylic acids is 1. The van der Waals surface area contributed by atoms with Gasteiger partial charge in [-0.25, -0.2) is 0 Å². The summed E-state index contributed by atoms with van der Waals surface area (Å²) in [4.78, 5) is 10.6. The summed E-state index contributed by atoms with van der Waals surface area (Å²) in [5.41, 5.74) is 3.16. The summed E-state index contributed by atoms with van der Waals surface area (Å²) in [6.45, 7) is 3.30. The molecule has 3 N–H and O–H groups in total. The lowest BCUT2D eigenvalue weighted by Crippen LogP contribution is -2.60. The number of carbonyl (C=O) groups is 1. The molecular weight excluding hydrogens is 151 g/mol. The molecule has 0 aromatic carbocycles. The van der Waals surface area contributed by atoms with Crippen molar-refractivity contribution in [2.75, 3.05) is 0 Å². The molecule has 0 heterocycles. The van der Waals surface area contributed by atoms with Crippen LogP contribution in [0.2, 0.25) is 5.21 Å². The maximum absolute atomic E-state index is 10.6. The zero-order valence-corrected chi connectivity index (χ0v) is 7.24. The van der Waals surface area contributed by atoms with Crippen LogP contribution in [0.4, 0.5) is 0 Å². The Balaban J connectivity index is 4.88. The minimum absolute atomic E-state index is 0.330. The van der Waals surface area contributed by atoms with Crippen molar-refractivity contribution < 1.29 is 9.90 Å². The van der Waals surface area contributed by atoms with Crippen LogP contribution in [0.1, 0.15) is 13.8 Å². The third kappa shape index (κ3) is 1.68. The predicted octanol–water partition coefficient (Wildman–Crippen LogP) is -0.996. The maximum atomic E-state index is 10.6. The Morgan fingerprint density at radius 3 is 1.83 bits per heavy atom. The summed E-state index contributed by atoms with van der Waals surface area (Å²) in [5, 5.41) is 6.99. The first-order chi connectivity index (χ1) is 5.14. The van der Waals surface area contributed by atoms with E-state index in [2.05, 4.69) is 0 Å². The van der Waals surface area contributed by atoms with E-state index in [-0.39, 0.29) is 5.92 Å². The van der Waals surface area contributed by atoms with Gasteiger partial charge in [-0.2, -0.15) is 0 Å². The largest absolute Gasteiger partial charge is 0.480 e. The third-order valence-corrected chi connectivity index (χ3v) is 2.03. The van der Waals surface area contributed by atoms with Crippen LogP contribution in [0.3, 0.4) is 0 Å². The van der Waals surface area contributed by atoms with Crippen LogP contribution in [-0.2, 0) is 4.79 Å². The normalized spacial score (nSPS) is 17.3. The molecule has 0 saturated heterocycles. The van der Waals surface area contributed by atoms with Gasteiger partial charge < -0.3 is 10.8 Å². The monoisotopic (exact) mass is 161 g/mol. The molecule has 6 heteroatoms. The highest BCUT2D eigenvalue weighted by Gasteiger charge is 2.43. The number of hydrogen-bond acceptors (Lipinski definition) is 2. The molecule has 0 aromatic heterocycles. The molecule has 0 aliphatic heterocycles. The molecule has 0 spiro atoms. The third-order valence-electron chi connectivity index (χ3n) is 2.03. The van der Waals surface area contributed by atoms with Gasteiger partial charge in [0.15, 0.2) is 0 Å². The molecule has 0 aliphatic carbocycles. The Morgan fingerprint density at radius 1 is 1.42 bits per heavy atom. The van der Waals surface area contributed by atoms with Crippen LogP contribution in [0.25, 0.3) is 0 Å². The standard InChI is InChI=1S/C6H10B3NO2/c1-3(2)5(7,8)6(9,10)4(11)12/h3H,10H2,1-2H3,(H,11,12)/t6-/m1/s1. The lowest BCUT2D eigenvalue weighted by atomic mass is 9.36. The van der Waals surface area contributed by atoms with Gasteiger partial charge in [0.2, 0.25) is 0 Å². The van der Waals surface area contributed by atoms with Crippen LogP contribution in [-0.4, -0.2) is 40.1 Å².